The molecule has 53 heavy (non-hydrogen) atoms. The van der Waals surface area contributed by atoms with Crippen molar-refractivity contribution in [1.29, 1.82) is 0 Å². The van der Waals surface area contributed by atoms with E-state index in [4.69, 9.17) is 37.1 Å². The maximum absolute atomic E-state index is 14.2. The van der Waals surface area contributed by atoms with Crippen LogP contribution in [0.5, 0.6) is 0 Å². The van der Waals surface area contributed by atoms with Crippen molar-refractivity contribution in [2.75, 3.05) is 32.8 Å². The second-order valence-electron chi connectivity index (χ2n) is 11.7. The van der Waals surface area contributed by atoms with Crippen molar-refractivity contribution in [3.8, 4) is 0 Å². The zero-order chi connectivity index (χ0) is 37.3. The Morgan fingerprint density at radius 3 is 1.91 bits per heavy atom. The highest BCUT2D eigenvalue weighted by Gasteiger charge is 2.54. The molecule has 2 saturated heterocycles. The van der Waals surface area contributed by atoms with E-state index in [-0.39, 0.29) is 81.4 Å². The normalized spacial score (nSPS) is 19.2. The summed E-state index contributed by atoms with van der Waals surface area (Å²) in [6, 6.07) is 12.1. The number of guanidine groups is 2. The van der Waals surface area contributed by atoms with Gasteiger partial charge < -0.3 is 47.4 Å². The van der Waals surface area contributed by atoms with E-state index in [2.05, 4.69) is 20.7 Å². The van der Waals surface area contributed by atoms with Crippen LogP contribution in [0.2, 0.25) is 0 Å². The second kappa shape index (κ2) is 19.3. The number of cyclic esters (lactones) is 2. The highest BCUT2D eigenvalue weighted by Crippen LogP contribution is 2.29. The first-order valence-electron chi connectivity index (χ1n) is 15.8. The molecule has 0 aliphatic carbocycles. The lowest BCUT2D eigenvalue weighted by molar-refractivity contribution is -0.167. The molecule has 10 N–H and O–H groups in total. The average Bonchev–Trinajstić information content (AvgIpc) is 3.40. The first-order valence-corrected chi connectivity index (χ1v) is 15.8. The van der Waals surface area contributed by atoms with Crippen molar-refractivity contribution >= 4 is 83.7 Å². The number of ketones is 1. The van der Waals surface area contributed by atoms with Gasteiger partial charge >= 0.3 is 12.1 Å². The standard InChI is InChI=1S/C32H40N10O9.2ClH/c1-18-24(51-31(48)50-18)17-49-25(44)16-41-14-15-42(40-27(46)21-6-10-23(11-7-21)39-30(35)36)32(19(2)43,28(41)47)12-3-13-37-26(45)20-4-8-22(9-5-20)38-29(33)34;;/h4-11,18,24H,3,12-17H2,1-2H3,(H,37,45)(H,40,46)(H4,33,34,38)(H4,35,36,39);2*1H/t18?,24?,32-;;/m0../s1. The van der Waals surface area contributed by atoms with E-state index in [9.17, 15) is 28.8 Å². The number of nitrogens with zero attached hydrogens (tertiary/aromatic N) is 4. The van der Waals surface area contributed by atoms with Crippen LogP contribution in [0.4, 0.5) is 16.2 Å². The number of ether oxygens (including phenoxy) is 3. The number of esters is 1. The zero-order valence-electron chi connectivity index (χ0n) is 28.8. The van der Waals surface area contributed by atoms with Crippen molar-refractivity contribution in [3.05, 3.63) is 59.7 Å². The Labute approximate surface area is 316 Å². The maximum Gasteiger partial charge on any atom is 0.509 e. The number of halogens is 2. The molecule has 0 aromatic heterocycles. The summed E-state index contributed by atoms with van der Waals surface area (Å²) in [5.41, 5.74) is 23.7. The largest absolute Gasteiger partial charge is 0.509 e. The summed E-state index contributed by atoms with van der Waals surface area (Å²) in [7, 11) is 0. The third-order valence-corrected chi connectivity index (χ3v) is 8.07. The molecule has 2 aliphatic rings. The number of hydrazine groups is 1. The van der Waals surface area contributed by atoms with Gasteiger partial charge in [0.15, 0.2) is 29.3 Å². The number of hydrogen-bond donors (Lipinski definition) is 6. The summed E-state index contributed by atoms with van der Waals surface area (Å²) >= 11 is 0. The number of Topliss-reactive ketones (excluding diaryl/α,β-unsaturated/α-hetero) is 1. The molecule has 2 heterocycles. The predicted octanol–water partition coefficient (Wildman–Crippen LogP) is 0.134. The van der Waals surface area contributed by atoms with E-state index < -0.39 is 59.9 Å². The third-order valence-electron chi connectivity index (χ3n) is 8.07. The highest BCUT2D eigenvalue weighted by molar-refractivity contribution is 6.11. The average molecular weight is 782 g/mol. The van der Waals surface area contributed by atoms with Gasteiger partial charge in [0.2, 0.25) is 0 Å². The lowest BCUT2D eigenvalue weighted by Crippen LogP contribution is -2.73. The van der Waals surface area contributed by atoms with Gasteiger partial charge in [0.1, 0.15) is 19.3 Å². The number of amides is 3. The van der Waals surface area contributed by atoms with Gasteiger partial charge in [-0.2, -0.15) is 5.01 Å². The van der Waals surface area contributed by atoms with Gasteiger partial charge in [0.25, 0.3) is 17.7 Å². The topological polar surface area (TPSA) is 289 Å². The number of carbonyl (C=O) groups is 6. The summed E-state index contributed by atoms with van der Waals surface area (Å²) < 4.78 is 15.1. The Morgan fingerprint density at radius 2 is 1.42 bits per heavy atom. The molecular formula is C32H42Cl2N10O9. The molecule has 21 heteroatoms. The first kappa shape index (κ1) is 43.5. The van der Waals surface area contributed by atoms with Crippen LogP contribution in [0.3, 0.4) is 0 Å². The molecule has 288 valence electrons. The number of piperazine rings is 1. The molecule has 0 spiro atoms. The van der Waals surface area contributed by atoms with E-state index in [0.717, 1.165) is 4.90 Å². The Balaban J connectivity index is 0.00000486. The van der Waals surface area contributed by atoms with Gasteiger partial charge in [-0.1, -0.05) is 0 Å². The molecule has 3 amide bonds. The smallest absolute Gasteiger partial charge is 0.460 e. The summed E-state index contributed by atoms with van der Waals surface area (Å²) in [5, 5.41) is 4.01. The quantitative estimate of drug-likeness (QED) is 0.0489. The van der Waals surface area contributed by atoms with Gasteiger partial charge in [-0.25, -0.2) is 14.8 Å². The number of benzene rings is 2. The summed E-state index contributed by atoms with van der Waals surface area (Å²) in [5.74, 6) is -3.53. The van der Waals surface area contributed by atoms with Crippen LogP contribution in [-0.4, -0.2) is 108 Å². The molecule has 2 aromatic carbocycles. The Kier molecular flexibility index (Phi) is 15.8. The van der Waals surface area contributed by atoms with Crippen molar-refractivity contribution in [2.24, 2.45) is 32.9 Å². The van der Waals surface area contributed by atoms with Gasteiger partial charge in [-0.3, -0.25) is 29.4 Å². The Bertz CT molecular complexity index is 1720. The van der Waals surface area contributed by atoms with Crippen molar-refractivity contribution < 1.29 is 43.0 Å². The third kappa shape index (κ3) is 11.2. The fourth-order valence-electron chi connectivity index (χ4n) is 5.48. The number of nitrogens with one attached hydrogen (secondary N) is 2. The molecule has 0 bridgehead atoms. The molecule has 0 radical (unpaired) electrons. The number of aliphatic imine (C=N–C) groups is 2. The summed E-state index contributed by atoms with van der Waals surface area (Å²) in [6.45, 7) is 1.90. The summed E-state index contributed by atoms with van der Waals surface area (Å²) in [4.78, 5) is 87.0. The number of rotatable bonds is 14. The molecule has 19 nitrogen and oxygen atoms in total. The molecule has 4 rings (SSSR count). The first-order chi connectivity index (χ1) is 24.2. The van der Waals surface area contributed by atoms with Crippen LogP contribution in [0.15, 0.2) is 58.5 Å². The minimum atomic E-state index is -1.96. The summed E-state index contributed by atoms with van der Waals surface area (Å²) in [6.07, 6.45) is -2.37. The Morgan fingerprint density at radius 1 is 0.868 bits per heavy atom. The number of carbonyl (C=O) groups excluding carboxylic acids is 6. The van der Waals surface area contributed by atoms with Crippen LogP contribution in [0.25, 0.3) is 0 Å². The monoisotopic (exact) mass is 780 g/mol. The minimum Gasteiger partial charge on any atom is -0.460 e. The van der Waals surface area contributed by atoms with Gasteiger partial charge in [0, 0.05) is 30.8 Å². The fourth-order valence-corrected chi connectivity index (χ4v) is 5.48. The van der Waals surface area contributed by atoms with Crippen LogP contribution in [0, 0.1) is 0 Å². The van der Waals surface area contributed by atoms with Gasteiger partial charge in [-0.15, -0.1) is 24.8 Å². The Hall–Kier alpha value is -5.66. The van der Waals surface area contributed by atoms with E-state index in [1.165, 1.54) is 48.3 Å². The van der Waals surface area contributed by atoms with Crippen LogP contribution >= 0.6 is 24.8 Å². The maximum atomic E-state index is 14.2. The van der Waals surface area contributed by atoms with E-state index in [0.29, 0.717) is 16.9 Å². The molecule has 2 unspecified atom stereocenters. The second-order valence-corrected chi connectivity index (χ2v) is 11.7. The lowest BCUT2D eigenvalue weighted by atomic mass is 9.84. The minimum absolute atomic E-state index is 0. The lowest BCUT2D eigenvalue weighted by Gasteiger charge is -2.47. The van der Waals surface area contributed by atoms with Crippen molar-refractivity contribution in [1.82, 2.24) is 20.7 Å². The number of hydrogen-bond acceptors (Lipinski definition) is 12. The molecule has 0 saturated carbocycles. The molecule has 2 aliphatic heterocycles. The highest BCUT2D eigenvalue weighted by atomic mass is 35.5. The van der Waals surface area contributed by atoms with Crippen LogP contribution < -0.4 is 33.7 Å². The fraction of sp³-hybridized carbons (Fsp3) is 0.375. The van der Waals surface area contributed by atoms with Gasteiger partial charge in [-0.05, 0) is 75.2 Å². The molecule has 3 atom stereocenters. The zero-order valence-corrected chi connectivity index (χ0v) is 30.4. The molecule has 2 fully saturated rings. The molecular weight excluding hydrogens is 739 g/mol. The van der Waals surface area contributed by atoms with E-state index in [1.54, 1.807) is 19.1 Å². The predicted molar refractivity (Wildman–Crippen MR) is 196 cm³/mol. The van der Waals surface area contributed by atoms with E-state index in [1.807, 2.05) is 0 Å². The van der Waals surface area contributed by atoms with Crippen LogP contribution in [0.1, 0.15) is 47.4 Å². The molecule has 2 aromatic rings. The van der Waals surface area contributed by atoms with Gasteiger partial charge in [0.05, 0.1) is 11.4 Å². The number of nitrogens with two attached hydrogens (primary N) is 4. The SMILES string of the molecule is CC(=O)[C@@]1(CCCNC(=O)c2ccc(N=C(N)N)cc2)C(=O)N(CC(=O)OCC2OC(=O)OC2C)CCN1NC(=O)c1ccc(N=C(N)N)cc1.Cl.Cl. The van der Waals surface area contributed by atoms with Crippen molar-refractivity contribution in [3.63, 3.8) is 0 Å². The van der Waals surface area contributed by atoms with Crippen LogP contribution in [-0.2, 0) is 28.6 Å². The van der Waals surface area contributed by atoms with E-state index >= 15 is 0 Å². The van der Waals surface area contributed by atoms with Crippen molar-refractivity contribution in [2.45, 2.75) is 44.4 Å².